The Morgan fingerprint density at radius 3 is 2.67 bits per heavy atom. The molecule has 0 atom stereocenters. The van der Waals surface area contributed by atoms with E-state index in [9.17, 15) is 8.78 Å². The van der Waals surface area contributed by atoms with E-state index in [1.807, 2.05) is 0 Å². The molecular weight excluding hydrogens is 299 g/mol. The summed E-state index contributed by atoms with van der Waals surface area (Å²) in [5.74, 6) is -3.19. The van der Waals surface area contributed by atoms with Crippen LogP contribution in [0.2, 0.25) is 0 Å². The van der Waals surface area contributed by atoms with E-state index in [2.05, 4.69) is 11.6 Å². The van der Waals surface area contributed by atoms with Crippen molar-refractivity contribution in [1.29, 1.82) is 0 Å². The first-order valence-electron chi connectivity index (χ1n) is 5.35. The van der Waals surface area contributed by atoms with Crippen molar-refractivity contribution in [2.45, 2.75) is 33.9 Å². The molecule has 0 saturated carbocycles. The maximum atomic E-state index is 13.9. The molecule has 0 fully saturated rings. The molecule has 1 rings (SSSR count). The second-order valence-electron chi connectivity index (χ2n) is 3.67. The van der Waals surface area contributed by atoms with E-state index in [0.717, 1.165) is 0 Å². The number of rotatable bonds is 7. The highest BCUT2D eigenvalue weighted by atomic mass is 35.5. The van der Waals surface area contributed by atoms with Gasteiger partial charge in [-0.3, -0.25) is 0 Å². The Morgan fingerprint density at radius 1 is 1.39 bits per heavy atom. The van der Waals surface area contributed by atoms with Crippen molar-refractivity contribution in [3.63, 3.8) is 0 Å². The maximum Gasteiger partial charge on any atom is 0.290 e. The van der Waals surface area contributed by atoms with E-state index in [1.54, 1.807) is 24.3 Å². The molecule has 100 valence electrons. The quantitative estimate of drug-likeness (QED) is 0.293. The first-order valence-corrected chi connectivity index (χ1v) is 6.93. The number of unbranched alkanes of at least 4 members (excludes halogenated alkanes) is 1. The number of hydrogen-bond acceptors (Lipinski definition) is 2. The predicted octanol–water partition coefficient (Wildman–Crippen LogP) is 5.30. The SMILES string of the molecule is C=CCCCC(F)(F)C(Cl)(Cl)Sc1ccccn1. The van der Waals surface area contributed by atoms with Gasteiger partial charge < -0.3 is 0 Å². The van der Waals surface area contributed by atoms with Crippen LogP contribution >= 0.6 is 35.0 Å². The van der Waals surface area contributed by atoms with Gasteiger partial charge in [0.2, 0.25) is 3.67 Å². The fourth-order valence-corrected chi connectivity index (χ4v) is 2.66. The molecule has 6 heteroatoms. The Balaban J connectivity index is 2.68. The van der Waals surface area contributed by atoms with E-state index < -0.39 is 9.59 Å². The molecule has 18 heavy (non-hydrogen) atoms. The molecule has 0 spiro atoms. The lowest BCUT2D eigenvalue weighted by Crippen LogP contribution is -2.35. The van der Waals surface area contributed by atoms with Crippen molar-refractivity contribution in [1.82, 2.24) is 4.98 Å². The summed E-state index contributed by atoms with van der Waals surface area (Å²) < 4.78 is 25.5. The van der Waals surface area contributed by atoms with Crippen molar-refractivity contribution in [3.05, 3.63) is 37.1 Å². The minimum Gasteiger partial charge on any atom is -0.250 e. The third-order valence-electron chi connectivity index (χ3n) is 2.20. The van der Waals surface area contributed by atoms with Crippen LogP contribution in [0.3, 0.4) is 0 Å². The van der Waals surface area contributed by atoms with Crippen LogP contribution in [0, 0.1) is 0 Å². The summed E-state index contributed by atoms with van der Waals surface area (Å²) in [6.45, 7) is 3.48. The molecule has 0 bridgehead atoms. The summed E-state index contributed by atoms with van der Waals surface area (Å²) in [7, 11) is 0. The van der Waals surface area contributed by atoms with Gasteiger partial charge in [0.05, 0.1) is 5.03 Å². The highest BCUT2D eigenvalue weighted by Crippen LogP contribution is 2.52. The number of thioether (sulfide) groups is 1. The molecule has 1 aromatic rings. The molecule has 0 aliphatic heterocycles. The average molecular weight is 312 g/mol. The highest BCUT2D eigenvalue weighted by Gasteiger charge is 2.52. The zero-order chi connectivity index (χ0) is 13.6. The molecule has 1 nitrogen and oxygen atoms in total. The molecule has 0 N–H and O–H groups in total. The smallest absolute Gasteiger partial charge is 0.250 e. The van der Waals surface area contributed by atoms with E-state index >= 15 is 0 Å². The van der Waals surface area contributed by atoms with Crippen LogP contribution in [-0.2, 0) is 0 Å². The average Bonchev–Trinajstić information content (AvgIpc) is 2.29. The van der Waals surface area contributed by atoms with Crippen LogP contribution in [0.1, 0.15) is 19.3 Å². The van der Waals surface area contributed by atoms with Crippen LogP contribution in [0.4, 0.5) is 8.78 Å². The second-order valence-corrected chi connectivity index (χ2v) is 6.68. The number of aromatic nitrogens is 1. The summed E-state index contributed by atoms with van der Waals surface area (Å²) in [6.07, 6.45) is 3.51. The monoisotopic (exact) mass is 311 g/mol. The Morgan fingerprint density at radius 2 is 2.11 bits per heavy atom. The van der Waals surface area contributed by atoms with E-state index in [0.29, 0.717) is 29.6 Å². The minimum absolute atomic E-state index is 0.292. The molecular formula is C12H13Cl2F2NS. The number of pyridine rings is 1. The molecule has 0 amide bonds. The van der Waals surface area contributed by atoms with Crippen molar-refractivity contribution in [3.8, 4) is 0 Å². The fraction of sp³-hybridized carbons (Fsp3) is 0.417. The molecule has 0 aliphatic carbocycles. The Kier molecular flexibility index (Phi) is 5.89. The first kappa shape index (κ1) is 15.7. The largest absolute Gasteiger partial charge is 0.290 e. The third kappa shape index (κ3) is 4.41. The van der Waals surface area contributed by atoms with Gasteiger partial charge in [0, 0.05) is 12.6 Å². The van der Waals surface area contributed by atoms with E-state index in [-0.39, 0.29) is 6.42 Å². The van der Waals surface area contributed by atoms with Crippen molar-refractivity contribution in [2.75, 3.05) is 0 Å². The number of alkyl halides is 4. The molecule has 1 heterocycles. The highest BCUT2D eigenvalue weighted by molar-refractivity contribution is 8.03. The van der Waals surface area contributed by atoms with Gasteiger partial charge in [-0.1, -0.05) is 47.1 Å². The van der Waals surface area contributed by atoms with Crippen LogP contribution in [0.5, 0.6) is 0 Å². The molecule has 0 radical (unpaired) electrons. The Labute approximate surface area is 120 Å². The van der Waals surface area contributed by atoms with Crippen LogP contribution < -0.4 is 0 Å². The number of allylic oxidation sites excluding steroid dienone is 1. The maximum absolute atomic E-state index is 13.9. The third-order valence-corrected chi connectivity index (χ3v) is 4.22. The predicted molar refractivity (Wildman–Crippen MR) is 73.5 cm³/mol. The summed E-state index contributed by atoms with van der Waals surface area (Å²) in [6, 6.07) is 4.97. The van der Waals surface area contributed by atoms with Crippen molar-refractivity contribution in [2.24, 2.45) is 0 Å². The van der Waals surface area contributed by atoms with Crippen molar-refractivity contribution >= 4 is 35.0 Å². The number of halogens is 4. The summed E-state index contributed by atoms with van der Waals surface area (Å²) in [5, 5.41) is 0.367. The lowest BCUT2D eigenvalue weighted by molar-refractivity contribution is -0.00325. The Bertz CT molecular complexity index is 385. The molecule has 0 saturated heterocycles. The van der Waals surface area contributed by atoms with E-state index in [4.69, 9.17) is 23.2 Å². The van der Waals surface area contributed by atoms with Crippen molar-refractivity contribution < 1.29 is 8.78 Å². The second kappa shape index (κ2) is 6.73. The standard InChI is InChI=1S/C12H13Cl2F2NS/c1-2-3-5-8-11(15,16)12(13,14)18-10-7-4-6-9-17-10/h2,4,6-7,9H,1,3,5,8H2. The van der Waals surface area contributed by atoms with Gasteiger partial charge >= 0.3 is 0 Å². The molecule has 0 unspecified atom stereocenters. The topological polar surface area (TPSA) is 12.9 Å². The minimum atomic E-state index is -3.19. The molecule has 0 aromatic carbocycles. The molecule has 0 aliphatic rings. The summed E-state index contributed by atoms with van der Waals surface area (Å²) >= 11 is 12.2. The molecule has 1 aromatic heterocycles. The zero-order valence-corrected chi connectivity index (χ0v) is 11.9. The van der Waals surface area contributed by atoms with Crippen LogP contribution in [0.15, 0.2) is 42.1 Å². The van der Waals surface area contributed by atoms with Gasteiger partial charge in [0.1, 0.15) is 0 Å². The van der Waals surface area contributed by atoms with Gasteiger partial charge in [0.25, 0.3) is 5.92 Å². The van der Waals surface area contributed by atoms with Gasteiger partial charge in [-0.25, -0.2) is 13.8 Å². The lowest BCUT2D eigenvalue weighted by Gasteiger charge is -2.28. The lowest BCUT2D eigenvalue weighted by atomic mass is 10.1. The van der Waals surface area contributed by atoms with Gasteiger partial charge in [0.15, 0.2) is 0 Å². The van der Waals surface area contributed by atoms with Crippen LogP contribution in [-0.4, -0.2) is 14.6 Å². The summed E-state index contributed by atoms with van der Waals surface area (Å²) in [4.78, 5) is 3.92. The number of hydrogen-bond donors (Lipinski definition) is 0. The van der Waals surface area contributed by atoms with E-state index in [1.165, 1.54) is 6.20 Å². The van der Waals surface area contributed by atoms with Gasteiger partial charge in [-0.2, -0.15) is 0 Å². The summed E-state index contributed by atoms with van der Waals surface area (Å²) in [5.41, 5.74) is 0. The fourth-order valence-electron chi connectivity index (χ4n) is 1.23. The van der Waals surface area contributed by atoms with Gasteiger partial charge in [-0.15, -0.1) is 6.58 Å². The Hall–Kier alpha value is -0.320. The zero-order valence-electron chi connectivity index (χ0n) is 9.58. The first-order chi connectivity index (χ1) is 8.39. The number of nitrogens with zero attached hydrogens (tertiary/aromatic N) is 1. The normalized spacial score (nSPS) is 12.4. The van der Waals surface area contributed by atoms with Crippen LogP contribution in [0.25, 0.3) is 0 Å². The van der Waals surface area contributed by atoms with Gasteiger partial charge in [-0.05, 0) is 25.0 Å².